The second-order valence-corrected chi connectivity index (χ2v) is 5.01. The zero-order chi connectivity index (χ0) is 8.43. The van der Waals surface area contributed by atoms with Crippen LogP contribution in [0.1, 0.15) is 20.3 Å². The molecule has 1 fully saturated rings. The summed E-state index contributed by atoms with van der Waals surface area (Å²) in [5, 5.41) is 0. The van der Waals surface area contributed by atoms with Crippen molar-refractivity contribution in [3.8, 4) is 0 Å². The Labute approximate surface area is 69.8 Å². The molecule has 3 heteroatoms. The number of carbonyl (C=O) groups excluding carboxylic acids is 1. The van der Waals surface area contributed by atoms with Gasteiger partial charge in [0.25, 0.3) is 0 Å². The molecule has 11 heavy (non-hydrogen) atoms. The Morgan fingerprint density at radius 2 is 2.09 bits per heavy atom. The Kier molecular flexibility index (Phi) is 2.82. The highest BCUT2D eigenvalue weighted by atomic mass is 32.2. The van der Waals surface area contributed by atoms with E-state index < -0.39 is 10.8 Å². The molecule has 0 aromatic heterocycles. The predicted octanol–water partition coefficient (Wildman–Crippen LogP) is 0.980. The van der Waals surface area contributed by atoms with Crippen LogP contribution >= 0.6 is 0 Å². The largest absolute Gasteiger partial charge is 0.299 e. The third-order valence-corrected chi connectivity index (χ3v) is 3.66. The summed E-state index contributed by atoms with van der Waals surface area (Å²) in [6, 6.07) is 0. The highest BCUT2D eigenvalue weighted by molar-refractivity contribution is 7.86. The second-order valence-electron chi connectivity index (χ2n) is 3.46. The van der Waals surface area contributed by atoms with Crippen LogP contribution in [-0.2, 0) is 15.6 Å². The van der Waals surface area contributed by atoms with Crippen molar-refractivity contribution in [3.63, 3.8) is 0 Å². The standard InChI is InChI=1S/C8H14O2S/c1-6(2)8(9)3-7-4-11(10)5-7/h6-7H,3-5H2,1-2H3. The Morgan fingerprint density at radius 3 is 2.45 bits per heavy atom. The van der Waals surface area contributed by atoms with Crippen LogP contribution in [0, 0.1) is 11.8 Å². The van der Waals surface area contributed by atoms with Gasteiger partial charge in [0.15, 0.2) is 0 Å². The highest BCUT2D eigenvalue weighted by Crippen LogP contribution is 2.19. The van der Waals surface area contributed by atoms with Crippen LogP contribution in [0.15, 0.2) is 0 Å². The molecular weight excluding hydrogens is 160 g/mol. The summed E-state index contributed by atoms with van der Waals surface area (Å²) in [5.74, 6) is 2.37. The number of hydrogen-bond donors (Lipinski definition) is 0. The number of ketones is 1. The van der Waals surface area contributed by atoms with Crippen molar-refractivity contribution in [2.45, 2.75) is 20.3 Å². The maximum absolute atomic E-state index is 11.2. The third kappa shape index (κ3) is 2.40. The van der Waals surface area contributed by atoms with Crippen LogP contribution in [0.2, 0.25) is 0 Å². The first kappa shape index (κ1) is 8.91. The van der Waals surface area contributed by atoms with E-state index in [1.54, 1.807) is 0 Å². The van der Waals surface area contributed by atoms with Gasteiger partial charge in [-0.2, -0.15) is 0 Å². The van der Waals surface area contributed by atoms with Gasteiger partial charge in [-0.05, 0) is 5.92 Å². The van der Waals surface area contributed by atoms with Gasteiger partial charge in [0.2, 0.25) is 0 Å². The molecule has 0 saturated carbocycles. The molecule has 1 rings (SSSR count). The Hall–Kier alpha value is -0.180. The number of carbonyl (C=O) groups is 1. The fourth-order valence-corrected chi connectivity index (χ4v) is 2.30. The second kappa shape index (κ2) is 3.48. The summed E-state index contributed by atoms with van der Waals surface area (Å²) in [7, 11) is -0.604. The summed E-state index contributed by atoms with van der Waals surface area (Å²) >= 11 is 0. The molecule has 1 saturated heterocycles. The monoisotopic (exact) mass is 174 g/mol. The lowest BCUT2D eigenvalue weighted by Gasteiger charge is -2.24. The van der Waals surface area contributed by atoms with E-state index in [2.05, 4.69) is 0 Å². The fraction of sp³-hybridized carbons (Fsp3) is 0.875. The van der Waals surface area contributed by atoms with E-state index in [4.69, 9.17) is 0 Å². The van der Waals surface area contributed by atoms with Gasteiger partial charge < -0.3 is 0 Å². The molecule has 0 N–H and O–H groups in total. The Morgan fingerprint density at radius 1 is 1.55 bits per heavy atom. The van der Waals surface area contributed by atoms with Gasteiger partial charge in [0.1, 0.15) is 5.78 Å². The van der Waals surface area contributed by atoms with E-state index in [0.29, 0.717) is 18.1 Å². The lowest BCUT2D eigenvalue weighted by molar-refractivity contribution is -0.122. The van der Waals surface area contributed by atoms with E-state index >= 15 is 0 Å². The zero-order valence-corrected chi connectivity index (χ0v) is 7.82. The average molecular weight is 174 g/mol. The summed E-state index contributed by atoms with van der Waals surface area (Å²) in [6.07, 6.45) is 0.642. The maximum Gasteiger partial charge on any atom is 0.135 e. The normalized spacial score (nSPS) is 30.1. The molecule has 0 aromatic rings. The van der Waals surface area contributed by atoms with Crippen molar-refractivity contribution in [1.29, 1.82) is 0 Å². The maximum atomic E-state index is 11.2. The van der Waals surface area contributed by atoms with E-state index in [9.17, 15) is 9.00 Å². The van der Waals surface area contributed by atoms with Crippen LogP contribution in [0.3, 0.4) is 0 Å². The molecule has 0 bridgehead atoms. The smallest absolute Gasteiger partial charge is 0.135 e. The first-order chi connectivity index (χ1) is 5.09. The average Bonchev–Trinajstić information content (AvgIpc) is 1.84. The molecule has 0 atom stereocenters. The van der Waals surface area contributed by atoms with Crippen LogP contribution in [0.25, 0.3) is 0 Å². The predicted molar refractivity (Wildman–Crippen MR) is 45.8 cm³/mol. The van der Waals surface area contributed by atoms with Crippen molar-refractivity contribution in [3.05, 3.63) is 0 Å². The van der Waals surface area contributed by atoms with Crippen molar-refractivity contribution in [2.75, 3.05) is 11.5 Å². The first-order valence-corrected chi connectivity index (χ1v) is 5.46. The van der Waals surface area contributed by atoms with Gasteiger partial charge in [0.05, 0.1) is 0 Å². The van der Waals surface area contributed by atoms with E-state index in [1.165, 1.54) is 0 Å². The molecule has 1 heterocycles. The minimum Gasteiger partial charge on any atom is -0.299 e. The summed E-state index contributed by atoms with van der Waals surface area (Å²) < 4.78 is 10.7. The van der Waals surface area contributed by atoms with Gasteiger partial charge in [-0.15, -0.1) is 0 Å². The lowest BCUT2D eigenvalue weighted by Crippen LogP contribution is -2.33. The zero-order valence-electron chi connectivity index (χ0n) is 7.00. The molecule has 1 aliphatic heterocycles. The van der Waals surface area contributed by atoms with Crippen molar-refractivity contribution in [2.24, 2.45) is 11.8 Å². The molecule has 2 nitrogen and oxygen atoms in total. The van der Waals surface area contributed by atoms with Crippen molar-refractivity contribution >= 4 is 16.6 Å². The van der Waals surface area contributed by atoms with Gasteiger partial charge in [0, 0.05) is 34.6 Å². The molecule has 0 amide bonds. The molecule has 0 unspecified atom stereocenters. The van der Waals surface area contributed by atoms with Crippen LogP contribution in [0.5, 0.6) is 0 Å². The molecular formula is C8H14O2S. The quantitative estimate of drug-likeness (QED) is 0.639. The molecule has 0 aliphatic carbocycles. The first-order valence-electron chi connectivity index (χ1n) is 3.97. The Balaban J connectivity index is 2.22. The number of hydrogen-bond acceptors (Lipinski definition) is 2. The minimum atomic E-state index is -0.604. The molecule has 64 valence electrons. The summed E-state index contributed by atoms with van der Waals surface area (Å²) in [4.78, 5) is 11.2. The molecule has 1 aliphatic rings. The highest BCUT2D eigenvalue weighted by Gasteiger charge is 2.27. The summed E-state index contributed by atoms with van der Waals surface area (Å²) in [6.45, 7) is 3.83. The minimum absolute atomic E-state index is 0.143. The van der Waals surface area contributed by atoms with Gasteiger partial charge >= 0.3 is 0 Å². The van der Waals surface area contributed by atoms with Crippen LogP contribution in [-0.4, -0.2) is 21.5 Å². The topological polar surface area (TPSA) is 34.1 Å². The third-order valence-electron chi connectivity index (χ3n) is 1.98. The van der Waals surface area contributed by atoms with Crippen molar-refractivity contribution in [1.82, 2.24) is 0 Å². The number of Topliss-reactive ketones (excluding diaryl/α,β-unsaturated/α-hetero) is 1. The van der Waals surface area contributed by atoms with Gasteiger partial charge in [-0.1, -0.05) is 13.8 Å². The SMILES string of the molecule is CC(C)C(=O)CC1CS(=O)C1. The molecule has 0 aromatic carbocycles. The van der Waals surface area contributed by atoms with Gasteiger partial charge in [-0.25, -0.2) is 0 Å². The summed E-state index contributed by atoms with van der Waals surface area (Å²) in [5.41, 5.74) is 0. The molecule has 0 radical (unpaired) electrons. The van der Waals surface area contributed by atoms with Crippen LogP contribution < -0.4 is 0 Å². The van der Waals surface area contributed by atoms with Crippen molar-refractivity contribution < 1.29 is 9.00 Å². The fourth-order valence-electron chi connectivity index (χ4n) is 1.12. The lowest BCUT2D eigenvalue weighted by atomic mass is 9.99. The van der Waals surface area contributed by atoms with Crippen LogP contribution in [0.4, 0.5) is 0 Å². The van der Waals surface area contributed by atoms with Gasteiger partial charge in [-0.3, -0.25) is 9.00 Å². The van der Waals surface area contributed by atoms with E-state index in [-0.39, 0.29) is 5.92 Å². The van der Waals surface area contributed by atoms with E-state index in [1.807, 2.05) is 13.8 Å². The van der Waals surface area contributed by atoms with E-state index in [0.717, 1.165) is 11.5 Å². The number of rotatable bonds is 3. The molecule has 0 spiro atoms. The Bertz CT molecular complexity index is 179.